The number of carbonyl (C=O) groups excluding carboxylic acids is 4. The molecule has 34 heavy (non-hydrogen) atoms. The third kappa shape index (κ3) is 8.80. The molecule has 0 heterocycles. The zero-order valence-electron chi connectivity index (χ0n) is 19.6. The molecule has 0 aliphatic heterocycles. The average Bonchev–Trinajstić information content (AvgIpc) is 2.79. The van der Waals surface area contributed by atoms with E-state index in [1.807, 2.05) is 0 Å². The molecule has 0 amide bonds. The molecule has 0 spiro atoms. The van der Waals surface area contributed by atoms with Crippen LogP contribution in [-0.2, 0) is 28.5 Å². The first kappa shape index (κ1) is 28.5. The van der Waals surface area contributed by atoms with E-state index >= 15 is 0 Å². The number of rotatable bonds is 12. The Morgan fingerprint density at radius 1 is 0.765 bits per heavy atom. The highest BCUT2D eigenvalue weighted by atomic mass is 16.6. The lowest BCUT2D eigenvalue weighted by atomic mass is 10.1. The molecule has 1 aromatic rings. The number of esters is 4. The summed E-state index contributed by atoms with van der Waals surface area (Å²) in [6, 6.07) is 5.64. The van der Waals surface area contributed by atoms with Crippen molar-refractivity contribution in [3.05, 3.63) is 59.7 Å². The van der Waals surface area contributed by atoms with Gasteiger partial charge >= 0.3 is 23.9 Å². The van der Waals surface area contributed by atoms with Gasteiger partial charge in [0.2, 0.25) is 0 Å². The molecule has 4 atom stereocenters. The largest absolute Gasteiger partial charge is 0.459 e. The second-order valence-electron chi connectivity index (χ2n) is 7.66. The predicted molar refractivity (Wildman–Crippen MR) is 120 cm³/mol. The smallest absolute Gasteiger partial charge is 0.339 e. The van der Waals surface area contributed by atoms with Crippen molar-refractivity contribution in [3.63, 3.8) is 0 Å². The van der Waals surface area contributed by atoms with Crippen molar-refractivity contribution in [1.82, 2.24) is 0 Å². The molecule has 0 fully saturated rings. The van der Waals surface area contributed by atoms with Crippen molar-refractivity contribution in [2.45, 2.75) is 52.1 Å². The molecule has 0 bridgehead atoms. The van der Waals surface area contributed by atoms with Gasteiger partial charge < -0.3 is 29.2 Å². The molecule has 0 radical (unpaired) electrons. The van der Waals surface area contributed by atoms with E-state index in [1.165, 1.54) is 52.0 Å². The quantitative estimate of drug-likeness (QED) is 0.259. The van der Waals surface area contributed by atoms with Crippen LogP contribution >= 0.6 is 0 Å². The van der Waals surface area contributed by atoms with Crippen LogP contribution in [0, 0.1) is 0 Å². The molecule has 0 saturated heterocycles. The Hall–Kier alpha value is -3.50. The Morgan fingerprint density at radius 3 is 1.38 bits per heavy atom. The number of carbonyl (C=O) groups is 4. The number of aliphatic hydroxyl groups is 2. The monoisotopic (exact) mass is 478 g/mol. The van der Waals surface area contributed by atoms with Crippen molar-refractivity contribution < 1.29 is 48.3 Å². The van der Waals surface area contributed by atoms with Crippen molar-refractivity contribution >= 4 is 23.9 Å². The fourth-order valence-corrected chi connectivity index (χ4v) is 2.28. The normalized spacial score (nSPS) is 14.1. The summed E-state index contributed by atoms with van der Waals surface area (Å²) in [7, 11) is 0. The van der Waals surface area contributed by atoms with Crippen molar-refractivity contribution in [2.24, 2.45) is 0 Å². The Labute approximate surface area is 197 Å². The standard InChI is InChI=1S/C24H30O10/c1-13(2)21(27)33-15(5)19(25)11-31-23(29)17-9-7-8-10-18(17)24(30)32-12-20(26)16(6)34-22(28)14(3)4/h7-10,15-16,19-20,25-26H,1,3,11-12H2,2,4-6H3. The Bertz CT molecular complexity index is 860. The highest BCUT2D eigenvalue weighted by Crippen LogP contribution is 2.14. The lowest BCUT2D eigenvalue weighted by Crippen LogP contribution is -2.34. The van der Waals surface area contributed by atoms with Crippen LogP contribution in [0.15, 0.2) is 48.6 Å². The minimum Gasteiger partial charge on any atom is -0.459 e. The van der Waals surface area contributed by atoms with Crippen LogP contribution in [0.25, 0.3) is 0 Å². The summed E-state index contributed by atoms with van der Waals surface area (Å²) >= 11 is 0. The summed E-state index contributed by atoms with van der Waals surface area (Å²) in [6.07, 6.45) is -4.57. The lowest BCUT2D eigenvalue weighted by molar-refractivity contribution is -0.151. The van der Waals surface area contributed by atoms with Crippen molar-refractivity contribution in [1.29, 1.82) is 0 Å². The molecule has 0 saturated carbocycles. The number of benzene rings is 1. The molecule has 186 valence electrons. The van der Waals surface area contributed by atoms with E-state index in [0.717, 1.165) is 0 Å². The van der Waals surface area contributed by atoms with Crippen LogP contribution in [0.3, 0.4) is 0 Å². The first-order chi connectivity index (χ1) is 15.8. The van der Waals surface area contributed by atoms with Gasteiger partial charge in [-0.15, -0.1) is 0 Å². The van der Waals surface area contributed by atoms with E-state index in [9.17, 15) is 29.4 Å². The maximum absolute atomic E-state index is 12.5. The molecule has 1 rings (SSSR count). The van der Waals surface area contributed by atoms with Gasteiger partial charge in [-0.2, -0.15) is 0 Å². The first-order valence-corrected chi connectivity index (χ1v) is 10.4. The number of aliphatic hydroxyl groups excluding tert-OH is 2. The highest BCUT2D eigenvalue weighted by Gasteiger charge is 2.25. The van der Waals surface area contributed by atoms with Gasteiger partial charge in [-0.3, -0.25) is 0 Å². The van der Waals surface area contributed by atoms with Gasteiger partial charge in [-0.1, -0.05) is 25.3 Å². The van der Waals surface area contributed by atoms with Crippen LogP contribution in [0.2, 0.25) is 0 Å². The Kier molecular flexibility index (Phi) is 11.1. The molecule has 1 aromatic carbocycles. The minimum absolute atomic E-state index is 0.137. The first-order valence-electron chi connectivity index (χ1n) is 10.4. The number of hydrogen-bond acceptors (Lipinski definition) is 10. The molecular weight excluding hydrogens is 448 g/mol. The van der Waals surface area contributed by atoms with E-state index in [0.29, 0.717) is 0 Å². The fourth-order valence-electron chi connectivity index (χ4n) is 2.28. The van der Waals surface area contributed by atoms with Gasteiger partial charge in [0, 0.05) is 11.1 Å². The van der Waals surface area contributed by atoms with Crippen LogP contribution in [0.1, 0.15) is 48.4 Å². The highest BCUT2D eigenvalue weighted by molar-refractivity contribution is 6.03. The maximum atomic E-state index is 12.5. The van der Waals surface area contributed by atoms with Crippen molar-refractivity contribution in [2.75, 3.05) is 13.2 Å². The molecule has 2 N–H and O–H groups in total. The third-order valence-corrected chi connectivity index (χ3v) is 4.50. The van der Waals surface area contributed by atoms with Crippen LogP contribution in [-0.4, -0.2) is 71.7 Å². The summed E-state index contributed by atoms with van der Waals surface area (Å²) in [4.78, 5) is 48.0. The molecule has 4 unspecified atom stereocenters. The SMILES string of the molecule is C=C(C)C(=O)OC(C)C(O)COC(=O)c1ccccc1C(=O)OCC(O)C(C)OC(=O)C(=C)C. The Morgan fingerprint density at radius 2 is 1.09 bits per heavy atom. The molecule has 10 nitrogen and oxygen atoms in total. The topological polar surface area (TPSA) is 146 Å². The van der Waals surface area contributed by atoms with Gasteiger partial charge in [-0.05, 0) is 39.8 Å². The Balaban J connectivity index is 2.72. The molecule has 0 aliphatic carbocycles. The third-order valence-electron chi connectivity index (χ3n) is 4.50. The van der Waals surface area contributed by atoms with Crippen LogP contribution in [0.5, 0.6) is 0 Å². The maximum Gasteiger partial charge on any atom is 0.339 e. The van der Waals surface area contributed by atoms with Crippen LogP contribution < -0.4 is 0 Å². The second kappa shape index (κ2) is 13.3. The van der Waals surface area contributed by atoms with Gasteiger partial charge in [0.05, 0.1) is 11.1 Å². The van der Waals surface area contributed by atoms with Crippen LogP contribution in [0.4, 0.5) is 0 Å². The fraction of sp³-hybridized carbons (Fsp3) is 0.417. The predicted octanol–water partition coefficient (Wildman–Crippen LogP) is 1.74. The van der Waals surface area contributed by atoms with Gasteiger partial charge in [0.25, 0.3) is 0 Å². The van der Waals surface area contributed by atoms with E-state index in [-0.39, 0.29) is 22.3 Å². The summed E-state index contributed by atoms with van der Waals surface area (Å²) in [5.41, 5.74) is 0.0269. The summed E-state index contributed by atoms with van der Waals surface area (Å²) in [5.74, 6) is -3.24. The summed E-state index contributed by atoms with van der Waals surface area (Å²) in [6.45, 7) is 11.6. The van der Waals surface area contributed by atoms with Gasteiger partial charge in [0.15, 0.2) is 0 Å². The van der Waals surface area contributed by atoms with E-state index in [1.54, 1.807) is 0 Å². The zero-order chi connectivity index (χ0) is 26.0. The minimum atomic E-state index is -1.31. The summed E-state index contributed by atoms with van der Waals surface area (Å²) < 4.78 is 20.0. The number of ether oxygens (including phenoxy) is 4. The molecule has 10 heteroatoms. The summed E-state index contributed by atoms with van der Waals surface area (Å²) in [5, 5.41) is 20.1. The van der Waals surface area contributed by atoms with Gasteiger partial charge in [0.1, 0.15) is 37.6 Å². The second-order valence-corrected chi connectivity index (χ2v) is 7.66. The van der Waals surface area contributed by atoms with Gasteiger partial charge in [-0.25, -0.2) is 19.2 Å². The van der Waals surface area contributed by atoms with E-state index in [4.69, 9.17) is 18.9 Å². The molecular formula is C24H30O10. The molecule has 0 aliphatic rings. The average molecular weight is 478 g/mol. The molecule has 0 aromatic heterocycles. The zero-order valence-corrected chi connectivity index (χ0v) is 19.6. The lowest BCUT2D eigenvalue weighted by Gasteiger charge is -2.20. The van der Waals surface area contributed by atoms with E-state index in [2.05, 4.69) is 13.2 Å². The van der Waals surface area contributed by atoms with Crippen molar-refractivity contribution in [3.8, 4) is 0 Å². The van der Waals surface area contributed by atoms with E-state index < -0.39 is 61.5 Å². The number of hydrogen-bond donors (Lipinski definition) is 2.